The van der Waals surface area contributed by atoms with Gasteiger partial charge in [0.2, 0.25) is 0 Å². The first-order valence-corrected chi connectivity index (χ1v) is 9.68. The Kier molecular flexibility index (Phi) is 4.07. The monoisotopic (exact) mass is 275 g/mol. The lowest BCUT2D eigenvalue weighted by molar-refractivity contribution is 0.135. The van der Waals surface area contributed by atoms with Crippen LogP contribution in [0.5, 0.6) is 0 Å². The third kappa shape index (κ3) is 3.08. The fourth-order valence-electron chi connectivity index (χ4n) is 5.31. The van der Waals surface area contributed by atoms with Gasteiger partial charge in [0, 0.05) is 12.1 Å². The van der Waals surface area contributed by atoms with Crippen molar-refractivity contribution >= 4 is 0 Å². The molecule has 4 saturated carbocycles. The van der Waals surface area contributed by atoms with Gasteiger partial charge in [-0.05, 0) is 62.2 Å². The molecule has 4 aliphatic carbocycles. The molecule has 1 N–H and O–H groups in total. The van der Waals surface area contributed by atoms with E-state index in [9.17, 15) is 0 Å². The van der Waals surface area contributed by atoms with E-state index in [1.165, 1.54) is 70.6 Å². The largest absolute Gasteiger partial charge is 0.310 e. The third-order valence-electron chi connectivity index (χ3n) is 6.74. The van der Waals surface area contributed by atoms with Crippen molar-refractivity contribution in [2.75, 3.05) is 0 Å². The van der Waals surface area contributed by atoms with Gasteiger partial charge in [0.15, 0.2) is 0 Å². The van der Waals surface area contributed by atoms with Crippen molar-refractivity contribution < 1.29 is 0 Å². The predicted octanol–water partition coefficient (Wildman–Crippen LogP) is 4.90. The van der Waals surface area contributed by atoms with Crippen LogP contribution in [0.3, 0.4) is 0 Å². The maximum atomic E-state index is 4.23. The maximum Gasteiger partial charge on any atom is 0.0126 e. The molecular formula is C19H33N. The Balaban J connectivity index is 1.40. The van der Waals surface area contributed by atoms with Crippen molar-refractivity contribution in [1.82, 2.24) is 5.32 Å². The lowest BCUT2D eigenvalue weighted by Crippen LogP contribution is -2.48. The van der Waals surface area contributed by atoms with Gasteiger partial charge < -0.3 is 5.32 Å². The van der Waals surface area contributed by atoms with Gasteiger partial charge in [0.1, 0.15) is 0 Å². The molecule has 2 atom stereocenters. The summed E-state index contributed by atoms with van der Waals surface area (Å²) in [4.78, 5) is 0. The zero-order valence-electron chi connectivity index (χ0n) is 13.2. The summed E-state index contributed by atoms with van der Waals surface area (Å²) in [6, 6.07) is 1.81. The minimum Gasteiger partial charge on any atom is -0.310 e. The Hall–Kier alpha value is -0.0400. The van der Waals surface area contributed by atoms with Gasteiger partial charge in [-0.25, -0.2) is 0 Å². The van der Waals surface area contributed by atoms with Crippen molar-refractivity contribution in [3.05, 3.63) is 0 Å². The Bertz CT molecular complexity index is 300. The van der Waals surface area contributed by atoms with Crippen molar-refractivity contribution in [3.8, 4) is 0 Å². The zero-order valence-corrected chi connectivity index (χ0v) is 13.2. The van der Waals surface area contributed by atoms with Crippen molar-refractivity contribution in [2.24, 2.45) is 23.7 Å². The van der Waals surface area contributed by atoms with E-state index in [1.54, 1.807) is 12.8 Å². The van der Waals surface area contributed by atoms with E-state index >= 15 is 0 Å². The first-order chi connectivity index (χ1) is 9.92. The van der Waals surface area contributed by atoms with Crippen LogP contribution < -0.4 is 5.32 Å². The molecule has 0 spiro atoms. The highest BCUT2D eigenvalue weighted by Gasteiger charge is 2.43. The molecule has 1 heteroatoms. The van der Waals surface area contributed by atoms with E-state index in [1.807, 2.05) is 0 Å². The highest BCUT2D eigenvalue weighted by atomic mass is 15.0. The van der Waals surface area contributed by atoms with E-state index in [-0.39, 0.29) is 0 Å². The Morgan fingerprint density at radius 3 is 1.85 bits per heavy atom. The molecule has 4 aliphatic rings. The number of hydrogen-bond acceptors (Lipinski definition) is 1. The van der Waals surface area contributed by atoms with Crippen LogP contribution in [0.1, 0.15) is 83.5 Å². The van der Waals surface area contributed by atoms with Crippen molar-refractivity contribution in [2.45, 2.75) is 95.6 Å². The van der Waals surface area contributed by atoms with E-state index in [4.69, 9.17) is 0 Å². The molecule has 0 aromatic heterocycles. The molecule has 0 heterocycles. The van der Waals surface area contributed by atoms with E-state index in [0.717, 1.165) is 35.8 Å². The second-order valence-corrected chi connectivity index (χ2v) is 8.32. The van der Waals surface area contributed by atoms with Gasteiger partial charge in [0.05, 0.1) is 0 Å². The highest BCUT2D eigenvalue weighted by Crippen LogP contribution is 2.46. The average Bonchev–Trinajstić information content (AvgIpc) is 3.40. The Labute approximate surface area is 125 Å². The van der Waals surface area contributed by atoms with Crippen LogP contribution in [0.15, 0.2) is 0 Å². The molecule has 0 radical (unpaired) electrons. The van der Waals surface area contributed by atoms with Crippen molar-refractivity contribution in [1.29, 1.82) is 0 Å². The quantitative estimate of drug-likeness (QED) is 0.752. The molecule has 1 nitrogen and oxygen atoms in total. The normalized spacial score (nSPS) is 36.5. The van der Waals surface area contributed by atoms with Crippen LogP contribution >= 0.6 is 0 Å². The molecule has 0 amide bonds. The third-order valence-corrected chi connectivity index (χ3v) is 6.74. The fourth-order valence-corrected chi connectivity index (χ4v) is 5.31. The zero-order chi connectivity index (χ0) is 13.4. The Morgan fingerprint density at radius 1 is 0.600 bits per heavy atom. The first kappa shape index (κ1) is 13.6. The van der Waals surface area contributed by atoms with Crippen molar-refractivity contribution in [3.63, 3.8) is 0 Å². The molecule has 0 saturated heterocycles. The highest BCUT2D eigenvalue weighted by molar-refractivity contribution is 4.99. The molecule has 2 unspecified atom stereocenters. The Morgan fingerprint density at radius 2 is 1.20 bits per heavy atom. The van der Waals surface area contributed by atoms with E-state index in [2.05, 4.69) is 5.32 Å². The number of rotatable bonds is 5. The number of hydrogen-bond donors (Lipinski definition) is 1. The summed E-state index contributed by atoms with van der Waals surface area (Å²) in [6.45, 7) is 0. The second-order valence-electron chi connectivity index (χ2n) is 8.32. The van der Waals surface area contributed by atoms with Crippen LogP contribution in [0.25, 0.3) is 0 Å². The van der Waals surface area contributed by atoms with Gasteiger partial charge in [-0.1, -0.05) is 44.9 Å². The lowest BCUT2D eigenvalue weighted by Gasteiger charge is -2.41. The molecular weight excluding hydrogens is 242 g/mol. The van der Waals surface area contributed by atoms with E-state index in [0.29, 0.717) is 0 Å². The van der Waals surface area contributed by atoms with Gasteiger partial charge in [-0.15, -0.1) is 0 Å². The van der Waals surface area contributed by atoms with Crippen LogP contribution in [-0.4, -0.2) is 12.1 Å². The SMILES string of the molecule is C1CCC(C2CCCCC2NC(C2CC2)C2CC2)CC1. The topological polar surface area (TPSA) is 12.0 Å². The first-order valence-electron chi connectivity index (χ1n) is 9.68. The summed E-state index contributed by atoms with van der Waals surface area (Å²) >= 11 is 0. The summed E-state index contributed by atoms with van der Waals surface area (Å²) in [5, 5.41) is 4.23. The minimum absolute atomic E-state index is 0.887. The standard InChI is InChI=1S/C19H33N/c1-2-6-14(7-3-1)17-8-4-5-9-18(17)20-19(15-10-11-15)16-12-13-16/h14-20H,1-13H2. The summed E-state index contributed by atoms with van der Waals surface area (Å²) in [5.41, 5.74) is 0. The fraction of sp³-hybridized carbons (Fsp3) is 1.00. The van der Waals surface area contributed by atoms with Gasteiger partial charge in [0.25, 0.3) is 0 Å². The molecule has 4 rings (SSSR count). The van der Waals surface area contributed by atoms with Crippen LogP contribution in [0, 0.1) is 23.7 Å². The molecule has 4 fully saturated rings. The lowest BCUT2D eigenvalue weighted by atomic mass is 9.70. The van der Waals surface area contributed by atoms with Gasteiger partial charge >= 0.3 is 0 Å². The predicted molar refractivity (Wildman–Crippen MR) is 84.7 cm³/mol. The maximum absolute atomic E-state index is 4.23. The minimum atomic E-state index is 0.887. The van der Waals surface area contributed by atoms with E-state index < -0.39 is 0 Å². The number of nitrogens with one attached hydrogen (secondary N) is 1. The van der Waals surface area contributed by atoms with Gasteiger partial charge in [-0.3, -0.25) is 0 Å². The van der Waals surface area contributed by atoms with Crippen LogP contribution in [0.2, 0.25) is 0 Å². The summed E-state index contributed by atoms with van der Waals surface area (Å²) in [5.74, 6) is 4.23. The molecule has 114 valence electrons. The molecule has 0 aromatic rings. The molecule has 0 aliphatic heterocycles. The second kappa shape index (κ2) is 5.99. The van der Waals surface area contributed by atoms with Crippen LogP contribution in [-0.2, 0) is 0 Å². The average molecular weight is 275 g/mol. The summed E-state index contributed by atoms with van der Waals surface area (Å²) in [7, 11) is 0. The molecule has 0 bridgehead atoms. The smallest absolute Gasteiger partial charge is 0.0126 e. The van der Waals surface area contributed by atoms with Gasteiger partial charge in [-0.2, -0.15) is 0 Å². The summed E-state index contributed by atoms with van der Waals surface area (Å²) in [6.07, 6.45) is 19.7. The van der Waals surface area contributed by atoms with Crippen LogP contribution in [0.4, 0.5) is 0 Å². The summed E-state index contributed by atoms with van der Waals surface area (Å²) < 4.78 is 0. The molecule has 20 heavy (non-hydrogen) atoms. The molecule has 0 aromatic carbocycles.